The number of rotatable bonds is 1. The molecule has 1 heterocycles. The molecule has 0 saturated carbocycles. The first-order valence-corrected chi connectivity index (χ1v) is 2.88. The third-order valence-electron chi connectivity index (χ3n) is 1.39. The van der Waals surface area contributed by atoms with Crippen LogP contribution in [0.3, 0.4) is 0 Å². The zero-order valence-electron chi connectivity index (χ0n) is 5.09. The minimum atomic E-state index is 0.655. The van der Waals surface area contributed by atoms with Crippen LogP contribution >= 0.6 is 0 Å². The maximum absolute atomic E-state index is 10.2. The van der Waals surface area contributed by atoms with Crippen molar-refractivity contribution < 1.29 is 4.79 Å². The second-order valence-corrected chi connectivity index (χ2v) is 2.05. The number of H-pyrrole nitrogens is 2. The van der Waals surface area contributed by atoms with Gasteiger partial charge >= 0.3 is 0 Å². The van der Waals surface area contributed by atoms with Crippen LogP contribution in [0.4, 0.5) is 0 Å². The van der Waals surface area contributed by atoms with Crippen LogP contribution < -0.4 is 0 Å². The van der Waals surface area contributed by atoms with Crippen molar-refractivity contribution in [1.29, 1.82) is 0 Å². The topological polar surface area (TPSA) is 61.5 Å². The quantitative estimate of drug-likeness (QED) is 0.564. The van der Waals surface area contributed by atoms with Crippen molar-refractivity contribution in [3.05, 3.63) is 17.7 Å². The highest BCUT2D eigenvalue weighted by atomic mass is 16.1. The first kappa shape index (κ1) is 5.22. The molecule has 50 valence electrons. The van der Waals surface area contributed by atoms with E-state index >= 15 is 0 Å². The van der Waals surface area contributed by atoms with Gasteiger partial charge in [-0.15, -0.1) is 0 Å². The van der Waals surface area contributed by atoms with Crippen LogP contribution in [-0.2, 0) is 0 Å². The van der Waals surface area contributed by atoms with Gasteiger partial charge in [-0.05, 0) is 12.1 Å². The maximum Gasteiger partial charge on any atom is 0.150 e. The van der Waals surface area contributed by atoms with E-state index in [1.54, 1.807) is 12.1 Å². The summed E-state index contributed by atoms with van der Waals surface area (Å²) in [5.41, 5.74) is 2.31. The third-order valence-corrected chi connectivity index (χ3v) is 1.39. The Bertz CT molecular complexity index is 296. The Balaban J connectivity index is 2.67. The predicted octanol–water partition coefficient (Wildman–Crippen LogP) is 0.655. The zero-order valence-corrected chi connectivity index (χ0v) is 5.09. The molecule has 2 N–H and O–H groups in total. The third kappa shape index (κ3) is 0.556. The molecule has 4 nitrogen and oxygen atoms in total. The summed E-state index contributed by atoms with van der Waals surface area (Å²) in [6.07, 6.45) is 0.801. The van der Waals surface area contributed by atoms with Gasteiger partial charge in [0.1, 0.15) is 12.0 Å². The summed E-state index contributed by atoms with van der Waals surface area (Å²) < 4.78 is 0. The molecule has 0 amide bonds. The Morgan fingerprint density at radius 1 is 1.50 bits per heavy atom. The molecule has 2 rings (SSSR count). The van der Waals surface area contributed by atoms with Gasteiger partial charge in [0.05, 0.1) is 5.69 Å². The number of nitrogens with zero attached hydrogens (tertiary/aromatic N) is 1. The summed E-state index contributed by atoms with van der Waals surface area (Å²) in [6.45, 7) is 0. The number of hydrogen-bond donors (Lipinski definition) is 2. The van der Waals surface area contributed by atoms with E-state index in [4.69, 9.17) is 0 Å². The lowest BCUT2D eigenvalue weighted by Crippen LogP contribution is -1.70. The number of fused-ring (bicyclic) bond motifs is 1. The van der Waals surface area contributed by atoms with E-state index in [2.05, 4.69) is 15.4 Å². The SMILES string of the molecule is O=Cc1cc2n[nH][nH]c-2c1. The summed E-state index contributed by atoms with van der Waals surface area (Å²) in [4.78, 5) is 10.2. The van der Waals surface area contributed by atoms with Gasteiger partial charge in [0, 0.05) is 5.56 Å². The highest BCUT2D eigenvalue weighted by Crippen LogP contribution is 2.18. The molecular weight excluding hydrogens is 130 g/mol. The van der Waals surface area contributed by atoms with Crippen LogP contribution in [-0.4, -0.2) is 21.7 Å². The molecule has 0 unspecified atom stereocenters. The van der Waals surface area contributed by atoms with Gasteiger partial charge in [0.2, 0.25) is 0 Å². The number of aldehydes is 1. The van der Waals surface area contributed by atoms with Crippen molar-refractivity contribution in [2.45, 2.75) is 0 Å². The molecule has 0 aromatic heterocycles. The van der Waals surface area contributed by atoms with E-state index in [0.29, 0.717) is 5.56 Å². The van der Waals surface area contributed by atoms with Crippen LogP contribution in [0.25, 0.3) is 11.4 Å². The van der Waals surface area contributed by atoms with E-state index in [9.17, 15) is 4.79 Å². The fourth-order valence-electron chi connectivity index (χ4n) is 0.927. The standard InChI is InChI=1S/C6H5N3O/c10-3-4-1-5-6(2-4)8-9-7-5/h1-3,7,9H. The predicted molar refractivity (Wildman–Crippen MR) is 34.9 cm³/mol. The second kappa shape index (κ2) is 1.70. The van der Waals surface area contributed by atoms with E-state index in [1.165, 1.54) is 0 Å². The van der Waals surface area contributed by atoms with Gasteiger partial charge in [-0.3, -0.25) is 9.89 Å². The molecule has 4 heteroatoms. The van der Waals surface area contributed by atoms with Crippen molar-refractivity contribution >= 4 is 6.29 Å². The molecule has 0 bridgehead atoms. The van der Waals surface area contributed by atoms with Crippen molar-refractivity contribution in [3.8, 4) is 11.4 Å². The molecule has 1 aliphatic carbocycles. The van der Waals surface area contributed by atoms with Gasteiger partial charge in [-0.25, -0.2) is 5.21 Å². The lowest BCUT2D eigenvalue weighted by Gasteiger charge is -1.74. The molecule has 10 heavy (non-hydrogen) atoms. The lowest BCUT2D eigenvalue weighted by atomic mass is 10.4. The lowest BCUT2D eigenvalue weighted by molar-refractivity contribution is 0.112. The Morgan fingerprint density at radius 3 is 3.10 bits per heavy atom. The first-order valence-electron chi connectivity index (χ1n) is 2.88. The molecule has 0 fully saturated rings. The van der Waals surface area contributed by atoms with Crippen molar-refractivity contribution in [2.24, 2.45) is 0 Å². The molecule has 0 aromatic carbocycles. The molecule has 0 saturated heterocycles. The molecule has 0 spiro atoms. The van der Waals surface area contributed by atoms with Crippen LogP contribution in [0.5, 0.6) is 0 Å². The average Bonchev–Trinajstić information content (AvgIpc) is 2.42. The molecule has 0 radical (unpaired) electrons. The number of hydrogen-bond acceptors (Lipinski definition) is 2. The van der Waals surface area contributed by atoms with E-state index in [1.807, 2.05) is 0 Å². The Kier molecular flexibility index (Phi) is 0.887. The maximum atomic E-state index is 10.2. The fourth-order valence-corrected chi connectivity index (χ4v) is 0.927. The summed E-state index contributed by atoms with van der Waals surface area (Å²) >= 11 is 0. The summed E-state index contributed by atoms with van der Waals surface area (Å²) in [5, 5.41) is 9.21. The number of aromatic amines is 2. The molecule has 2 aliphatic rings. The van der Waals surface area contributed by atoms with Gasteiger partial charge in [0.25, 0.3) is 0 Å². The van der Waals surface area contributed by atoms with Gasteiger partial charge < -0.3 is 0 Å². The number of carbonyl (C=O) groups excluding carboxylic acids is 1. The monoisotopic (exact) mass is 135 g/mol. The molecule has 1 aliphatic heterocycles. The van der Waals surface area contributed by atoms with Crippen molar-refractivity contribution in [1.82, 2.24) is 15.4 Å². The summed E-state index contributed by atoms with van der Waals surface area (Å²) in [6, 6.07) is 3.46. The minimum absolute atomic E-state index is 0.655. The van der Waals surface area contributed by atoms with Gasteiger partial charge in [-0.2, -0.15) is 5.10 Å². The molecule has 0 atom stereocenters. The summed E-state index contributed by atoms with van der Waals surface area (Å²) in [7, 11) is 0. The van der Waals surface area contributed by atoms with Crippen LogP contribution in [0, 0.1) is 0 Å². The number of carbonyl (C=O) groups is 1. The van der Waals surface area contributed by atoms with Crippen LogP contribution in [0.2, 0.25) is 0 Å². The van der Waals surface area contributed by atoms with Crippen LogP contribution in [0.15, 0.2) is 12.1 Å². The number of aromatic nitrogens is 3. The smallest absolute Gasteiger partial charge is 0.150 e. The van der Waals surface area contributed by atoms with Crippen molar-refractivity contribution in [2.75, 3.05) is 0 Å². The molecule has 0 aromatic rings. The minimum Gasteiger partial charge on any atom is -0.298 e. The van der Waals surface area contributed by atoms with E-state index in [0.717, 1.165) is 17.7 Å². The van der Waals surface area contributed by atoms with Crippen molar-refractivity contribution in [3.63, 3.8) is 0 Å². The highest BCUT2D eigenvalue weighted by molar-refractivity contribution is 5.81. The van der Waals surface area contributed by atoms with Gasteiger partial charge in [0.15, 0.2) is 0 Å². The van der Waals surface area contributed by atoms with Crippen LogP contribution in [0.1, 0.15) is 10.4 Å². The first-order chi connectivity index (χ1) is 4.90. The Hall–Kier alpha value is -1.58. The van der Waals surface area contributed by atoms with E-state index in [-0.39, 0.29) is 0 Å². The Labute approximate surface area is 56.6 Å². The average molecular weight is 135 g/mol. The summed E-state index contributed by atoms with van der Waals surface area (Å²) in [5.74, 6) is 0. The zero-order chi connectivity index (χ0) is 6.97. The van der Waals surface area contributed by atoms with E-state index < -0.39 is 0 Å². The molecular formula is C6H5N3O. The Morgan fingerprint density at radius 2 is 2.40 bits per heavy atom. The highest BCUT2D eigenvalue weighted by Gasteiger charge is 2.07. The fraction of sp³-hybridized carbons (Fsp3) is 0. The normalized spacial score (nSPS) is 10.4. The number of nitrogens with one attached hydrogen (secondary N) is 2. The second-order valence-electron chi connectivity index (χ2n) is 2.05. The largest absolute Gasteiger partial charge is 0.298 e. The van der Waals surface area contributed by atoms with Gasteiger partial charge in [-0.1, -0.05) is 0 Å².